The Morgan fingerprint density at radius 2 is 1.88 bits per heavy atom. The Morgan fingerprint density at radius 1 is 1.24 bits per heavy atom. The van der Waals surface area contributed by atoms with E-state index in [4.69, 9.17) is 19.9 Å². The van der Waals surface area contributed by atoms with Crippen LogP contribution in [0.25, 0.3) is 0 Å². The van der Waals surface area contributed by atoms with Crippen LogP contribution in [0.3, 0.4) is 0 Å². The van der Waals surface area contributed by atoms with Crippen molar-refractivity contribution in [3.8, 4) is 11.5 Å². The highest BCUT2D eigenvalue weighted by Gasteiger charge is 2.39. The highest BCUT2D eigenvalue weighted by Crippen LogP contribution is 2.33. The molecule has 0 aromatic heterocycles. The minimum atomic E-state index is -0.527. The molecule has 6 nitrogen and oxygen atoms in total. The van der Waals surface area contributed by atoms with Crippen LogP contribution in [0.2, 0.25) is 0 Å². The van der Waals surface area contributed by atoms with Crippen molar-refractivity contribution in [1.82, 2.24) is 5.32 Å². The molecule has 25 heavy (non-hydrogen) atoms. The second kappa shape index (κ2) is 9.06. The third-order valence-electron chi connectivity index (χ3n) is 4.74. The summed E-state index contributed by atoms with van der Waals surface area (Å²) in [5.74, 6) is 1.41. The van der Waals surface area contributed by atoms with Gasteiger partial charge in [-0.25, -0.2) is 0 Å². The van der Waals surface area contributed by atoms with Crippen molar-refractivity contribution in [1.29, 1.82) is 0 Å². The van der Waals surface area contributed by atoms with Gasteiger partial charge in [-0.05, 0) is 51.3 Å². The number of nitrogens with two attached hydrogens (primary N) is 1. The largest absolute Gasteiger partial charge is 0.490 e. The predicted octanol–water partition coefficient (Wildman–Crippen LogP) is 2.42. The van der Waals surface area contributed by atoms with Crippen molar-refractivity contribution >= 4 is 5.91 Å². The summed E-state index contributed by atoms with van der Waals surface area (Å²) in [7, 11) is 0. The van der Waals surface area contributed by atoms with Crippen molar-refractivity contribution in [3.05, 3.63) is 23.8 Å². The quantitative estimate of drug-likeness (QED) is 0.752. The maximum Gasteiger partial charge on any atom is 0.228 e. The van der Waals surface area contributed by atoms with Crippen molar-refractivity contribution in [2.24, 2.45) is 11.1 Å². The van der Waals surface area contributed by atoms with Gasteiger partial charge in [-0.15, -0.1) is 0 Å². The van der Waals surface area contributed by atoms with Gasteiger partial charge in [0.25, 0.3) is 0 Å². The first-order valence-corrected chi connectivity index (χ1v) is 9.04. The Balaban J connectivity index is 2.12. The van der Waals surface area contributed by atoms with Crippen molar-refractivity contribution in [3.63, 3.8) is 0 Å². The number of rotatable bonds is 8. The molecule has 3 N–H and O–H groups in total. The van der Waals surface area contributed by atoms with Gasteiger partial charge in [-0.3, -0.25) is 4.79 Å². The van der Waals surface area contributed by atoms with E-state index in [1.165, 1.54) is 0 Å². The Morgan fingerprint density at radius 3 is 2.48 bits per heavy atom. The molecule has 1 aromatic carbocycles. The molecule has 140 valence electrons. The lowest BCUT2D eigenvalue weighted by Crippen LogP contribution is -2.49. The van der Waals surface area contributed by atoms with Crippen molar-refractivity contribution in [2.45, 2.75) is 39.7 Å². The molecular formula is C19H30N2O4. The molecule has 1 saturated heterocycles. The van der Waals surface area contributed by atoms with E-state index in [-0.39, 0.29) is 11.9 Å². The number of ether oxygens (including phenoxy) is 3. The number of hydrogen-bond donors (Lipinski definition) is 2. The van der Waals surface area contributed by atoms with E-state index in [1.807, 2.05) is 39.0 Å². The molecule has 1 aromatic rings. The Bertz CT molecular complexity index is 571. The second-order valence-corrected chi connectivity index (χ2v) is 6.36. The summed E-state index contributed by atoms with van der Waals surface area (Å²) in [4.78, 5) is 12.8. The number of benzene rings is 1. The summed E-state index contributed by atoms with van der Waals surface area (Å²) in [5, 5.41) is 3.11. The van der Waals surface area contributed by atoms with E-state index in [1.54, 1.807) is 0 Å². The average Bonchev–Trinajstić information content (AvgIpc) is 2.64. The first-order chi connectivity index (χ1) is 12.1. The summed E-state index contributed by atoms with van der Waals surface area (Å²) < 4.78 is 16.6. The van der Waals surface area contributed by atoms with Gasteiger partial charge in [-0.1, -0.05) is 6.07 Å². The Hall–Kier alpha value is -1.79. The van der Waals surface area contributed by atoms with Gasteiger partial charge in [0, 0.05) is 19.8 Å². The molecule has 0 bridgehead atoms. The van der Waals surface area contributed by atoms with E-state index in [0.717, 1.165) is 11.3 Å². The smallest absolute Gasteiger partial charge is 0.228 e. The normalized spacial score (nSPS) is 17.6. The lowest BCUT2D eigenvalue weighted by molar-refractivity contribution is -0.136. The van der Waals surface area contributed by atoms with Crippen LogP contribution in [0.15, 0.2) is 18.2 Å². The second-order valence-electron chi connectivity index (χ2n) is 6.36. The first-order valence-electron chi connectivity index (χ1n) is 9.04. The van der Waals surface area contributed by atoms with Gasteiger partial charge in [0.2, 0.25) is 5.91 Å². The van der Waals surface area contributed by atoms with Crippen LogP contribution in [0.5, 0.6) is 11.5 Å². The monoisotopic (exact) mass is 350 g/mol. The van der Waals surface area contributed by atoms with Crippen LogP contribution in [0, 0.1) is 5.41 Å². The van der Waals surface area contributed by atoms with Crippen LogP contribution in [-0.2, 0) is 9.53 Å². The van der Waals surface area contributed by atoms with Gasteiger partial charge in [-0.2, -0.15) is 0 Å². The zero-order valence-electron chi connectivity index (χ0n) is 15.5. The van der Waals surface area contributed by atoms with Gasteiger partial charge < -0.3 is 25.3 Å². The van der Waals surface area contributed by atoms with Crippen LogP contribution in [0.4, 0.5) is 0 Å². The molecule has 1 aliphatic rings. The Labute approximate surface area is 150 Å². The topological polar surface area (TPSA) is 82.8 Å². The van der Waals surface area contributed by atoms with Gasteiger partial charge in [0.1, 0.15) is 0 Å². The predicted molar refractivity (Wildman–Crippen MR) is 96.9 cm³/mol. The zero-order valence-corrected chi connectivity index (χ0v) is 15.5. The van der Waals surface area contributed by atoms with Gasteiger partial charge in [0.15, 0.2) is 11.5 Å². The highest BCUT2D eigenvalue weighted by atomic mass is 16.5. The fourth-order valence-electron chi connectivity index (χ4n) is 3.06. The fourth-order valence-corrected chi connectivity index (χ4v) is 3.06. The number of carbonyl (C=O) groups is 1. The summed E-state index contributed by atoms with van der Waals surface area (Å²) in [6, 6.07) is 5.63. The number of hydrogen-bond acceptors (Lipinski definition) is 5. The molecule has 0 spiro atoms. The van der Waals surface area contributed by atoms with Crippen LogP contribution >= 0.6 is 0 Å². The van der Waals surface area contributed by atoms with E-state index >= 15 is 0 Å². The molecule has 1 aliphatic heterocycles. The van der Waals surface area contributed by atoms with Crippen LogP contribution < -0.4 is 20.5 Å². The summed E-state index contributed by atoms with van der Waals surface area (Å²) in [6.07, 6.45) is 1.32. The highest BCUT2D eigenvalue weighted by molar-refractivity contribution is 5.83. The molecular weight excluding hydrogens is 320 g/mol. The Kier molecular flexibility index (Phi) is 7.08. The third-order valence-corrected chi connectivity index (χ3v) is 4.74. The fraction of sp³-hybridized carbons (Fsp3) is 0.632. The SMILES string of the molecule is CCOc1ccc(C(C)NC(=O)C2(CN)CCOCC2)cc1OCC. The maximum absolute atomic E-state index is 12.8. The zero-order chi connectivity index (χ0) is 18.3. The molecule has 6 heteroatoms. The van der Waals surface area contributed by atoms with Gasteiger partial charge >= 0.3 is 0 Å². The molecule has 1 heterocycles. The summed E-state index contributed by atoms with van der Waals surface area (Å²) in [5.41, 5.74) is 6.36. The average molecular weight is 350 g/mol. The van der Waals surface area contributed by atoms with Crippen LogP contribution in [-0.4, -0.2) is 38.9 Å². The summed E-state index contributed by atoms with van der Waals surface area (Å²) >= 11 is 0. The third kappa shape index (κ3) is 4.64. The molecule has 1 amide bonds. The van der Waals surface area contributed by atoms with Crippen LogP contribution in [0.1, 0.15) is 45.2 Å². The molecule has 1 unspecified atom stereocenters. The first kappa shape index (κ1) is 19.5. The van der Waals surface area contributed by atoms with E-state index < -0.39 is 5.41 Å². The maximum atomic E-state index is 12.8. The molecule has 0 aliphatic carbocycles. The standard InChI is InChI=1S/C19H30N2O4/c1-4-24-16-7-6-15(12-17(16)25-5-2)14(3)21-18(22)19(13-20)8-10-23-11-9-19/h6-7,12,14H,4-5,8-11,13,20H2,1-3H3,(H,21,22). The number of carbonyl (C=O) groups excluding carboxylic acids is 1. The molecule has 1 atom stereocenters. The molecule has 2 rings (SSSR count). The molecule has 1 fully saturated rings. The molecule has 0 saturated carbocycles. The summed E-state index contributed by atoms with van der Waals surface area (Å²) in [6.45, 7) is 8.46. The van der Waals surface area contributed by atoms with Crippen molar-refractivity contribution < 1.29 is 19.0 Å². The van der Waals surface area contributed by atoms with Gasteiger partial charge in [0.05, 0.1) is 24.7 Å². The lowest BCUT2D eigenvalue weighted by Gasteiger charge is -2.35. The lowest BCUT2D eigenvalue weighted by atomic mass is 9.79. The van der Waals surface area contributed by atoms with E-state index in [9.17, 15) is 4.79 Å². The minimum Gasteiger partial charge on any atom is -0.490 e. The van der Waals surface area contributed by atoms with E-state index in [2.05, 4.69) is 5.32 Å². The van der Waals surface area contributed by atoms with Crippen molar-refractivity contribution in [2.75, 3.05) is 33.0 Å². The molecule has 0 radical (unpaired) electrons. The minimum absolute atomic E-state index is 0.00218. The van der Waals surface area contributed by atoms with E-state index in [0.29, 0.717) is 51.6 Å². The number of nitrogens with one attached hydrogen (secondary N) is 1. The number of amides is 1.